The van der Waals surface area contributed by atoms with E-state index in [1.807, 2.05) is 0 Å². The zero-order valence-corrected chi connectivity index (χ0v) is 12.0. The highest BCUT2D eigenvalue weighted by molar-refractivity contribution is 5.75. The number of guanidine groups is 1. The molecule has 0 heterocycles. The molecule has 0 aromatic heterocycles. The fourth-order valence-electron chi connectivity index (χ4n) is 2.30. The van der Waals surface area contributed by atoms with E-state index in [1.165, 1.54) is 44.9 Å². The summed E-state index contributed by atoms with van der Waals surface area (Å²) < 4.78 is 0. The third-order valence-electron chi connectivity index (χ3n) is 3.50. The number of aliphatic imine (C=N–C) groups is 1. The average molecular weight is 241 g/mol. The van der Waals surface area contributed by atoms with E-state index in [0.29, 0.717) is 5.41 Å². The van der Waals surface area contributed by atoms with Gasteiger partial charge >= 0.3 is 0 Å². The summed E-state index contributed by atoms with van der Waals surface area (Å²) in [4.78, 5) is 4.06. The molecule has 0 fully saturated rings. The van der Waals surface area contributed by atoms with Gasteiger partial charge in [-0.3, -0.25) is 4.99 Å². The summed E-state index contributed by atoms with van der Waals surface area (Å²) in [5.74, 6) is 0.216. The van der Waals surface area contributed by atoms with Crippen molar-refractivity contribution >= 4 is 5.96 Å². The van der Waals surface area contributed by atoms with Crippen LogP contribution in [0.25, 0.3) is 0 Å². The summed E-state index contributed by atoms with van der Waals surface area (Å²) in [6.07, 6.45) is 10.3. The largest absolute Gasteiger partial charge is 0.370 e. The summed E-state index contributed by atoms with van der Waals surface area (Å²) in [6, 6.07) is 0. The summed E-state index contributed by atoms with van der Waals surface area (Å²) in [7, 11) is 0. The average Bonchev–Trinajstić information content (AvgIpc) is 2.30. The third kappa shape index (κ3) is 9.02. The third-order valence-corrected chi connectivity index (χ3v) is 3.50. The molecule has 102 valence electrons. The van der Waals surface area contributed by atoms with Gasteiger partial charge < -0.3 is 11.5 Å². The Bertz CT molecular complexity index is 200. The van der Waals surface area contributed by atoms with E-state index < -0.39 is 0 Å². The quantitative estimate of drug-likeness (QED) is 0.349. The number of hydrogen-bond donors (Lipinski definition) is 2. The molecule has 0 atom stereocenters. The van der Waals surface area contributed by atoms with Crippen molar-refractivity contribution in [1.29, 1.82) is 0 Å². The van der Waals surface area contributed by atoms with Gasteiger partial charge in [0.2, 0.25) is 0 Å². The first-order valence-corrected chi connectivity index (χ1v) is 7.09. The lowest BCUT2D eigenvalue weighted by molar-refractivity contribution is 0.231. The van der Waals surface area contributed by atoms with E-state index in [-0.39, 0.29) is 5.96 Å². The highest BCUT2D eigenvalue weighted by Gasteiger charge is 2.22. The molecule has 0 aliphatic rings. The minimum absolute atomic E-state index is 0.216. The molecule has 0 saturated heterocycles. The predicted molar refractivity (Wildman–Crippen MR) is 77.1 cm³/mol. The fourth-order valence-corrected chi connectivity index (χ4v) is 2.30. The molecule has 0 aromatic rings. The number of hydrogen-bond acceptors (Lipinski definition) is 1. The van der Waals surface area contributed by atoms with Crippen molar-refractivity contribution in [2.75, 3.05) is 6.54 Å². The molecule has 0 spiro atoms. The molecule has 0 aliphatic carbocycles. The van der Waals surface area contributed by atoms with Gasteiger partial charge in [-0.1, -0.05) is 46.5 Å². The standard InChI is InChI=1S/C14H31N3/c1-4-6-9-14(3,10-7-5-2)11-8-12-17-13(15)16/h4-12H2,1-3H3,(H4,15,16,17). The minimum Gasteiger partial charge on any atom is -0.370 e. The lowest BCUT2D eigenvalue weighted by Gasteiger charge is -2.29. The van der Waals surface area contributed by atoms with Gasteiger partial charge in [-0.2, -0.15) is 0 Å². The minimum atomic E-state index is 0.216. The Balaban J connectivity index is 4.03. The summed E-state index contributed by atoms with van der Waals surface area (Å²) >= 11 is 0. The first-order valence-electron chi connectivity index (χ1n) is 7.09. The summed E-state index contributed by atoms with van der Waals surface area (Å²) in [5, 5.41) is 0. The van der Waals surface area contributed by atoms with Gasteiger partial charge in [-0.15, -0.1) is 0 Å². The van der Waals surface area contributed by atoms with Gasteiger partial charge in [0, 0.05) is 6.54 Å². The van der Waals surface area contributed by atoms with E-state index in [9.17, 15) is 0 Å². The molecule has 0 aliphatic heterocycles. The van der Waals surface area contributed by atoms with Crippen molar-refractivity contribution in [1.82, 2.24) is 0 Å². The number of nitrogens with zero attached hydrogens (tertiary/aromatic N) is 1. The van der Waals surface area contributed by atoms with E-state index in [4.69, 9.17) is 11.5 Å². The Morgan fingerprint density at radius 3 is 1.82 bits per heavy atom. The maximum atomic E-state index is 5.33. The molecular formula is C14H31N3. The molecule has 0 rings (SSSR count). The van der Waals surface area contributed by atoms with Gasteiger partial charge in [-0.05, 0) is 31.1 Å². The van der Waals surface area contributed by atoms with Crippen LogP contribution in [0.5, 0.6) is 0 Å². The van der Waals surface area contributed by atoms with Gasteiger partial charge in [0.25, 0.3) is 0 Å². The first-order chi connectivity index (χ1) is 8.04. The van der Waals surface area contributed by atoms with Crippen molar-refractivity contribution in [3.63, 3.8) is 0 Å². The highest BCUT2D eigenvalue weighted by atomic mass is 15.0. The molecule has 0 saturated carbocycles. The lowest BCUT2D eigenvalue weighted by atomic mass is 9.76. The second kappa shape index (κ2) is 9.32. The molecule has 0 radical (unpaired) electrons. The number of rotatable bonds is 10. The molecular weight excluding hydrogens is 210 g/mol. The zero-order chi connectivity index (χ0) is 13.1. The van der Waals surface area contributed by atoms with E-state index in [2.05, 4.69) is 25.8 Å². The van der Waals surface area contributed by atoms with Crippen LogP contribution in [0.3, 0.4) is 0 Å². The molecule has 3 heteroatoms. The summed E-state index contributed by atoms with van der Waals surface area (Å²) in [6.45, 7) is 7.73. The maximum absolute atomic E-state index is 5.33. The van der Waals surface area contributed by atoms with Gasteiger partial charge in [-0.25, -0.2) is 0 Å². The van der Waals surface area contributed by atoms with Crippen molar-refractivity contribution in [2.45, 2.75) is 72.1 Å². The smallest absolute Gasteiger partial charge is 0.185 e. The molecule has 17 heavy (non-hydrogen) atoms. The van der Waals surface area contributed by atoms with Crippen molar-refractivity contribution in [3.8, 4) is 0 Å². The van der Waals surface area contributed by atoms with Crippen molar-refractivity contribution < 1.29 is 0 Å². The summed E-state index contributed by atoms with van der Waals surface area (Å²) in [5.41, 5.74) is 11.2. The van der Waals surface area contributed by atoms with Crippen LogP contribution in [-0.2, 0) is 0 Å². The highest BCUT2D eigenvalue weighted by Crippen LogP contribution is 2.35. The Labute approximate surface area is 107 Å². The Morgan fingerprint density at radius 2 is 1.41 bits per heavy atom. The SMILES string of the molecule is CCCCC(C)(CCCC)CCCN=C(N)N. The van der Waals surface area contributed by atoms with Crippen LogP contribution in [-0.4, -0.2) is 12.5 Å². The van der Waals surface area contributed by atoms with E-state index in [1.54, 1.807) is 0 Å². The Kier molecular flexibility index (Phi) is 8.92. The van der Waals surface area contributed by atoms with Crippen molar-refractivity contribution in [2.24, 2.45) is 21.9 Å². The van der Waals surface area contributed by atoms with Crippen LogP contribution in [0.4, 0.5) is 0 Å². The second-order valence-electron chi connectivity index (χ2n) is 5.43. The van der Waals surface area contributed by atoms with Crippen LogP contribution in [0.15, 0.2) is 4.99 Å². The predicted octanol–water partition coefficient (Wildman–Crippen LogP) is 3.43. The molecule has 3 nitrogen and oxygen atoms in total. The molecule has 0 unspecified atom stereocenters. The number of nitrogens with two attached hydrogens (primary N) is 2. The lowest BCUT2D eigenvalue weighted by Crippen LogP contribution is -2.23. The maximum Gasteiger partial charge on any atom is 0.185 e. The fraction of sp³-hybridized carbons (Fsp3) is 0.929. The second-order valence-corrected chi connectivity index (χ2v) is 5.43. The monoisotopic (exact) mass is 241 g/mol. The van der Waals surface area contributed by atoms with Crippen LogP contribution < -0.4 is 11.5 Å². The topological polar surface area (TPSA) is 64.4 Å². The van der Waals surface area contributed by atoms with Gasteiger partial charge in [0.05, 0.1) is 0 Å². The Morgan fingerprint density at radius 1 is 0.941 bits per heavy atom. The number of unbranched alkanes of at least 4 members (excludes halogenated alkanes) is 2. The van der Waals surface area contributed by atoms with Crippen LogP contribution in [0.1, 0.15) is 72.1 Å². The molecule has 0 amide bonds. The Hall–Kier alpha value is -0.730. The zero-order valence-electron chi connectivity index (χ0n) is 12.0. The van der Waals surface area contributed by atoms with E-state index in [0.717, 1.165) is 13.0 Å². The van der Waals surface area contributed by atoms with Crippen LogP contribution in [0, 0.1) is 5.41 Å². The molecule has 4 N–H and O–H groups in total. The van der Waals surface area contributed by atoms with Crippen LogP contribution in [0.2, 0.25) is 0 Å². The van der Waals surface area contributed by atoms with Gasteiger partial charge in [0.15, 0.2) is 5.96 Å². The molecule has 0 bridgehead atoms. The van der Waals surface area contributed by atoms with Gasteiger partial charge in [0.1, 0.15) is 0 Å². The first kappa shape index (κ1) is 16.3. The van der Waals surface area contributed by atoms with Crippen LogP contribution >= 0.6 is 0 Å². The van der Waals surface area contributed by atoms with E-state index >= 15 is 0 Å². The van der Waals surface area contributed by atoms with Crippen molar-refractivity contribution in [3.05, 3.63) is 0 Å². The molecule has 0 aromatic carbocycles. The normalized spacial score (nSPS) is 11.5.